The second-order valence-corrected chi connectivity index (χ2v) is 23.4. The molecule has 354 valence electrons. The summed E-state index contributed by atoms with van der Waals surface area (Å²) in [5.41, 5.74) is 1.16. The third-order valence-electron chi connectivity index (χ3n) is 13.7. The second kappa shape index (κ2) is 18.6. The van der Waals surface area contributed by atoms with E-state index in [2.05, 4.69) is 20.8 Å². The predicted octanol–water partition coefficient (Wildman–Crippen LogP) is 10.9. The summed E-state index contributed by atoms with van der Waals surface area (Å²) in [6.45, 7) is 9.91. The quantitative estimate of drug-likeness (QED) is 0.0450. The number of benzene rings is 5. The Labute approximate surface area is 393 Å². The highest BCUT2D eigenvalue weighted by molar-refractivity contribution is 6.99. The second-order valence-electron chi connectivity index (χ2n) is 19.1. The van der Waals surface area contributed by atoms with Gasteiger partial charge in [-0.25, -0.2) is 4.90 Å². The minimum Gasteiger partial charge on any atom is -0.507 e. The number of alkyl halides is 6. The number of anilines is 1. The number of fused-ring (bicyclic) bond motifs is 3. The number of halogens is 6. The van der Waals surface area contributed by atoms with E-state index in [4.69, 9.17) is 9.08 Å². The van der Waals surface area contributed by atoms with Crippen molar-refractivity contribution in [1.29, 1.82) is 0 Å². The van der Waals surface area contributed by atoms with Crippen LogP contribution < -0.4 is 15.3 Å². The van der Waals surface area contributed by atoms with Gasteiger partial charge in [0.2, 0.25) is 11.8 Å². The van der Waals surface area contributed by atoms with Crippen molar-refractivity contribution < 1.29 is 55.1 Å². The smallest absolute Gasteiger partial charge is 0.455 e. The molecular weight excluding hydrogens is 899 g/mol. The number of nitrogens with zero attached hydrogens (tertiary/aromatic N) is 1. The molecule has 0 spiro atoms. The largest absolute Gasteiger partial charge is 0.507 e. The number of hydrogen-bond acceptors (Lipinski definition) is 6. The lowest BCUT2D eigenvalue weighted by Gasteiger charge is -2.46. The molecule has 0 radical (unpaired) electrons. The summed E-state index contributed by atoms with van der Waals surface area (Å²) in [4.78, 5) is 29.9. The summed E-state index contributed by atoms with van der Waals surface area (Å²) < 4.78 is 98.8. The van der Waals surface area contributed by atoms with Gasteiger partial charge in [0.15, 0.2) is 0 Å². The van der Waals surface area contributed by atoms with Crippen LogP contribution in [0, 0.1) is 31.6 Å². The Morgan fingerprint density at radius 2 is 1.31 bits per heavy atom. The summed E-state index contributed by atoms with van der Waals surface area (Å²) >= 11 is 0. The van der Waals surface area contributed by atoms with Crippen molar-refractivity contribution in [3.05, 3.63) is 166 Å². The van der Waals surface area contributed by atoms with E-state index in [0.717, 1.165) is 27.1 Å². The van der Waals surface area contributed by atoms with Crippen LogP contribution in [0.25, 0.3) is 11.6 Å². The van der Waals surface area contributed by atoms with Crippen LogP contribution in [0.1, 0.15) is 73.4 Å². The highest BCUT2D eigenvalue weighted by Crippen LogP contribution is 2.53. The van der Waals surface area contributed by atoms with Crippen molar-refractivity contribution in [2.24, 2.45) is 17.8 Å². The highest BCUT2D eigenvalue weighted by Gasteiger charge is 2.59. The van der Waals surface area contributed by atoms with Gasteiger partial charge < -0.3 is 19.2 Å². The maximum Gasteiger partial charge on any atom is 0.455 e. The first kappa shape index (κ1) is 48.7. The lowest BCUT2D eigenvalue weighted by Crippen LogP contribution is -2.66. The molecule has 0 unspecified atom stereocenters. The Balaban J connectivity index is 1.26. The fourth-order valence-electron chi connectivity index (χ4n) is 10.7. The number of phenolic OH excluding ortho intramolecular Hbond substituents is 1. The summed E-state index contributed by atoms with van der Waals surface area (Å²) in [6, 6.07) is 33.9. The molecule has 2 N–H and O–H groups in total. The number of allylic oxidation sites excluding steroid dienone is 1. The first-order chi connectivity index (χ1) is 32.1. The van der Waals surface area contributed by atoms with Gasteiger partial charge in [-0.1, -0.05) is 118 Å². The molecule has 0 bridgehead atoms. The van der Waals surface area contributed by atoms with Crippen molar-refractivity contribution in [2.75, 3.05) is 11.5 Å². The number of amides is 2. The van der Waals surface area contributed by atoms with Gasteiger partial charge in [0.1, 0.15) is 5.75 Å². The van der Waals surface area contributed by atoms with Crippen molar-refractivity contribution in [3.8, 4) is 5.75 Å². The van der Waals surface area contributed by atoms with Crippen LogP contribution in [0.3, 0.4) is 0 Å². The van der Waals surface area contributed by atoms with Gasteiger partial charge >= 0.3 is 19.5 Å². The molecule has 0 aromatic heterocycles. The van der Waals surface area contributed by atoms with Gasteiger partial charge in [-0.3, -0.25) is 9.59 Å². The molecule has 5 aromatic rings. The van der Waals surface area contributed by atoms with Crippen molar-refractivity contribution in [1.82, 2.24) is 0 Å². The summed E-state index contributed by atoms with van der Waals surface area (Å²) in [5, 5.41) is 23.5. The van der Waals surface area contributed by atoms with Gasteiger partial charge in [-0.15, -0.1) is 0 Å². The number of carbonyl (C=O) groups is 2. The highest BCUT2D eigenvalue weighted by atomic mass is 28.4. The van der Waals surface area contributed by atoms with Crippen LogP contribution in [0.4, 0.5) is 32.0 Å². The first-order valence-corrected chi connectivity index (χ1v) is 24.5. The molecule has 2 saturated heterocycles. The lowest BCUT2D eigenvalue weighted by molar-refractivity contribution is -0.143. The zero-order valence-electron chi connectivity index (χ0n) is 38.3. The molecule has 2 amide bonds. The van der Waals surface area contributed by atoms with Crippen molar-refractivity contribution in [2.45, 2.75) is 83.7 Å². The van der Waals surface area contributed by atoms with E-state index >= 15 is 0 Å². The van der Waals surface area contributed by atoms with E-state index in [1.54, 1.807) is 0 Å². The number of hydrogen-bond donors (Lipinski definition) is 2. The van der Waals surface area contributed by atoms with E-state index < -0.39 is 85.3 Å². The Morgan fingerprint density at radius 3 is 1.82 bits per heavy atom. The standard InChI is InChI=1S/C53H52BF6NO6Si/c1-32-23-34(24-33(2)48(32)62)25-36(35-15-9-6-10-16-35)21-22-45-46-37(31-66-68(51(3,4)5,41-17-11-7-12-18-41)42-19-13-8-14-20-42)26-43-47(44(46)30-54(65)67-45)50(64)61(49(43)63)40-28-38(52(55,56)57)27-39(29-40)53(58,59)60/h6-20,23-25,27-29,43-45,47,62,65H,21-22,26,30-31H2,1-5H3/b36-25-/t43-,44+,45-,47-/m1/s1. The number of rotatable bonds is 11. The monoisotopic (exact) mass is 951 g/mol. The fraction of sp³-hybridized carbons (Fsp3) is 0.321. The molecule has 5 aromatic carbocycles. The van der Waals surface area contributed by atoms with E-state index in [-0.39, 0.29) is 37.6 Å². The number of imide groups is 1. The van der Waals surface area contributed by atoms with Crippen LogP contribution in [0.5, 0.6) is 5.75 Å². The Kier molecular flexibility index (Phi) is 13.3. The van der Waals surface area contributed by atoms with Gasteiger partial charge in [-0.2, -0.15) is 26.3 Å². The molecule has 8 rings (SSSR count). The lowest BCUT2D eigenvalue weighted by atomic mass is 9.58. The van der Waals surface area contributed by atoms with Gasteiger partial charge in [0.05, 0.1) is 41.4 Å². The molecule has 7 nitrogen and oxygen atoms in total. The molecule has 3 aliphatic rings. The topological polar surface area (TPSA) is 96.3 Å². The van der Waals surface area contributed by atoms with Gasteiger partial charge in [0, 0.05) is 0 Å². The minimum absolute atomic E-state index is 0.0386. The molecule has 2 heterocycles. The van der Waals surface area contributed by atoms with E-state index in [9.17, 15) is 46.1 Å². The maximum absolute atomic E-state index is 14.7. The number of aryl methyl sites for hydroxylation is 2. The predicted molar refractivity (Wildman–Crippen MR) is 253 cm³/mol. The Hall–Kier alpha value is -5.74. The maximum atomic E-state index is 14.7. The third kappa shape index (κ3) is 9.37. The van der Waals surface area contributed by atoms with E-state index in [1.165, 1.54) is 0 Å². The van der Waals surface area contributed by atoms with Crippen LogP contribution in [0.2, 0.25) is 11.4 Å². The number of aromatic hydroxyl groups is 1. The molecule has 2 fully saturated rings. The van der Waals surface area contributed by atoms with Gasteiger partial charge in [-0.05, 0) is 130 Å². The summed E-state index contributed by atoms with van der Waals surface area (Å²) in [7, 11) is -4.70. The summed E-state index contributed by atoms with van der Waals surface area (Å²) in [6.07, 6.45) is -8.87. The third-order valence-corrected chi connectivity index (χ3v) is 18.7. The average Bonchev–Trinajstić information content (AvgIpc) is 3.54. The van der Waals surface area contributed by atoms with E-state index in [0.29, 0.717) is 45.7 Å². The van der Waals surface area contributed by atoms with Crippen molar-refractivity contribution in [3.63, 3.8) is 0 Å². The van der Waals surface area contributed by atoms with E-state index in [1.807, 2.05) is 123 Å². The molecule has 15 heteroatoms. The zero-order chi connectivity index (χ0) is 48.9. The Bertz CT molecular complexity index is 2660. The van der Waals surface area contributed by atoms with Gasteiger partial charge in [0.25, 0.3) is 8.32 Å². The minimum atomic E-state index is -5.22. The molecule has 1 aliphatic carbocycles. The van der Waals surface area contributed by atoms with Crippen LogP contribution in [-0.2, 0) is 31.0 Å². The van der Waals surface area contributed by atoms with Crippen LogP contribution in [0.15, 0.2) is 132 Å². The average molecular weight is 952 g/mol. The fourth-order valence-corrected chi connectivity index (χ4v) is 15.2. The Morgan fingerprint density at radius 1 is 0.779 bits per heavy atom. The molecule has 2 aliphatic heterocycles. The summed E-state index contributed by atoms with van der Waals surface area (Å²) in [5.74, 6) is -4.99. The number of phenols is 1. The molecule has 68 heavy (non-hydrogen) atoms. The number of carbonyl (C=O) groups excluding carboxylic acids is 2. The van der Waals surface area contributed by atoms with Crippen LogP contribution >= 0.6 is 0 Å². The SMILES string of the molecule is Cc1cc(/C=C(/CC[C@H]2OB(O)C[C@H]3C2=C(CO[Si](c2ccccc2)(c2ccccc2)C(C)(C)C)C[C@H]2C(=O)N(c4cc(C(F)(F)F)cc(C(F)(F)F)c4)C(=O)[C@H]23)c2ccccc2)cc(C)c1O. The zero-order valence-corrected chi connectivity index (χ0v) is 39.3. The van der Waals surface area contributed by atoms with Crippen LogP contribution in [-0.4, -0.2) is 50.1 Å². The van der Waals surface area contributed by atoms with Crippen molar-refractivity contribution >= 4 is 55.0 Å². The molecule has 0 saturated carbocycles. The molecule has 4 atom stereocenters. The first-order valence-electron chi connectivity index (χ1n) is 22.6. The molecular formula is C53H52BF6NO6Si. The normalized spacial score (nSPS) is 20.5.